The molecular weight excluding hydrogens is 144 g/mol. The van der Waals surface area contributed by atoms with Gasteiger partial charge in [-0.3, -0.25) is 4.99 Å². The van der Waals surface area contributed by atoms with Crippen LogP contribution in [0.2, 0.25) is 0 Å². The van der Waals surface area contributed by atoms with Gasteiger partial charge in [0, 0.05) is 20.2 Å². The topological polar surface area (TPSA) is 57.8 Å². The maximum atomic E-state index is 9.03. The highest BCUT2D eigenvalue weighted by molar-refractivity contribution is 5.33. The Labute approximate surface area is 64.1 Å². The smallest absolute Gasteiger partial charge is 0.174 e. The maximum absolute atomic E-state index is 9.03. The molecule has 4 heteroatoms. The first-order chi connectivity index (χ1) is 5.15. The molecule has 60 valence electrons. The van der Waals surface area contributed by atoms with E-state index in [1.54, 1.807) is 18.7 Å². The summed E-state index contributed by atoms with van der Waals surface area (Å²) in [6, 6.07) is 1.40. The molecule has 0 aliphatic rings. The van der Waals surface area contributed by atoms with Crippen molar-refractivity contribution in [3.63, 3.8) is 0 Å². The van der Waals surface area contributed by atoms with Crippen molar-refractivity contribution in [2.75, 3.05) is 7.05 Å². The van der Waals surface area contributed by atoms with E-state index in [1.165, 1.54) is 12.3 Å². The quantitative estimate of drug-likeness (QED) is 0.551. The first kappa shape index (κ1) is 7.65. The van der Waals surface area contributed by atoms with Gasteiger partial charge in [-0.1, -0.05) is 0 Å². The average Bonchev–Trinajstić information content (AvgIpc) is 1.97. The molecule has 0 fully saturated rings. The van der Waals surface area contributed by atoms with Gasteiger partial charge in [0.2, 0.25) is 0 Å². The summed E-state index contributed by atoms with van der Waals surface area (Å²) < 4.78 is 1.62. The third-order valence-electron chi connectivity index (χ3n) is 1.43. The molecular formula is C7H10N2O2. The SMILES string of the molecule is C/N=c1/cc(O)c(O)cn1C. The van der Waals surface area contributed by atoms with Gasteiger partial charge in [-0.05, 0) is 0 Å². The van der Waals surface area contributed by atoms with E-state index in [4.69, 9.17) is 10.2 Å². The van der Waals surface area contributed by atoms with Crippen molar-refractivity contribution in [1.82, 2.24) is 4.57 Å². The van der Waals surface area contributed by atoms with Crippen LogP contribution >= 0.6 is 0 Å². The number of hydrogen-bond donors (Lipinski definition) is 2. The number of hydrogen-bond acceptors (Lipinski definition) is 3. The zero-order valence-electron chi connectivity index (χ0n) is 6.44. The van der Waals surface area contributed by atoms with Gasteiger partial charge in [-0.15, -0.1) is 0 Å². The van der Waals surface area contributed by atoms with Crippen molar-refractivity contribution in [1.29, 1.82) is 0 Å². The van der Waals surface area contributed by atoms with Crippen LogP contribution in [0.4, 0.5) is 0 Å². The summed E-state index contributed by atoms with van der Waals surface area (Å²) in [5.74, 6) is -0.288. The zero-order valence-corrected chi connectivity index (χ0v) is 6.44. The number of aryl methyl sites for hydroxylation is 1. The number of pyridine rings is 1. The molecule has 1 aromatic heterocycles. The second-order valence-electron chi connectivity index (χ2n) is 2.24. The molecule has 0 aliphatic carbocycles. The third-order valence-corrected chi connectivity index (χ3v) is 1.43. The number of aromatic hydroxyl groups is 2. The van der Waals surface area contributed by atoms with E-state index in [1.807, 2.05) is 0 Å². The van der Waals surface area contributed by atoms with Crippen molar-refractivity contribution < 1.29 is 10.2 Å². The van der Waals surface area contributed by atoms with Crippen molar-refractivity contribution in [2.24, 2.45) is 12.0 Å². The molecule has 1 rings (SSSR count). The monoisotopic (exact) mass is 154 g/mol. The molecule has 0 amide bonds. The Hall–Kier alpha value is -1.45. The van der Waals surface area contributed by atoms with Crippen LogP contribution in [0.3, 0.4) is 0 Å². The third kappa shape index (κ3) is 1.34. The van der Waals surface area contributed by atoms with Crippen LogP contribution in [0.15, 0.2) is 17.3 Å². The van der Waals surface area contributed by atoms with Crippen molar-refractivity contribution in [2.45, 2.75) is 0 Å². The maximum Gasteiger partial charge on any atom is 0.174 e. The predicted molar refractivity (Wildman–Crippen MR) is 40.2 cm³/mol. The summed E-state index contributed by atoms with van der Waals surface area (Å²) in [5, 5.41) is 18.0. The minimum absolute atomic E-state index is 0.139. The lowest BCUT2D eigenvalue weighted by molar-refractivity contribution is 0.397. The highest BCUT2D eigenvalue weighted by atomic mass is 16.3. The molecule has 11 heavy (non-hydrogen) atoms. The fraction of sp³-hybridized carbons (Fsp3) is 0.286. The molecule has 0 aromatic carbocycles. The van der Waals surface area contributed by atoms with Crippen LogP contribution in [0.25, 0.3) is 0 Å². The van der Waals surface area contributed by atoms with Crippen LogP contribution in [0, 0.1) is 0 Å². The molecule has 4 nitrogen and oxygen atoms in total. The fourth-order valence-electron chi connectivity index (χ4n) is 0.836. The Morgan fingerprint density at radius 1 is 1.36 bits per heavy atom. The second-order valence-corrected chi connectivity index (χ2v) is 2.24. The number of aromatic nitrogens is 1. The van der Waals surface area contributed by atoms with Crippen LogP contribution in [0.1, 0.15) is 0 Å². The summed E-state index contributed by atoms with van der Waals surface area (Å²) in [6.45, 7) is 0. The van der Waals surface area contributed by atoms with E-state index in [-0.39, 0.29) is 11.5 Å². The normalized spacial score (nSPS) is 12.0. The van der Waals surface area contributed by atoms with Gasteiger partial charge in [0.25, 0.3) is 0 Å². The lowest BCUT2D eigenvalue weighted by Crippen LogP contribution is -2.15. The molecule has 0 aliphatic heterocycles. The van der Waals surface area contributed by atoms with Crippen molar-refractivity contribution in [3.8, 4) is 11.5 Å². The zero-order chi connectivity index (χ0) is 8.43. The Bertz CT molecular complexity index is 328. The number of rotatable bonds is 0. The Morgan fingerprint density at radius 2 is 2.00 bits per heavy atom. The fourth-order valence-corrected chi connectivity index (χ4v) is 0.836. The average molecular weight is 154 g/mol. The van der Waals surface area contributed by atoms with E-state index < -0.39 is 0 Å². The summed E-state index contributed by atoms with van der Waals surface area (Å²) >= 11 is 0. The van der Waals surface area contributed by atoms with Crippen LogP contribution in [-0.2, 0) is 7.05 Å². The van der Waals surface area contributed by atoms with Crippen molar-refractivity contribution >= 4 is 0 Å². The summed E-state index contributed by atoms with van der Waals surface area (Å²) in [5.41, 5.74) is 0.611. The Kier molecular flexibility index (Phi) is 1.85. The molecule has 1 aromatic rings. The summed E-state index contributed by atoms with van der Waals surface area (Å²) in [7, 11) is 3.35. The highest BCUT2D eigenvalue weighted by Gasteiger charge is 1.98. The first-order valence-corrected chi connectivity index (χ1v) is 3.16. The van der Waals surface area contributed by atoms with Gasteiger partial charge in [0.05, 0.1) is 6.20 Å². The molecule has 0 unspecified atom stereocenters. The van der Waals surface area contributed by atoms with Gasteiger partial charge in [0.15, 0.2) is 11.5 Å². The lowest BCUT2D eigenvalue weighted by Gasteiger charge is -2.01. The highest BCUT2D eigenvalue weighted by Crippen LogP contribution is 2.19. The molecule has 1 heterocycles. The van der Waals surface area contributed by atoms with E-state index in [0.29, 0.717) is 5.49 Å². The molecule has 0 atom stereocenters. The molecule has 0 bridgehead atoms. The summed E-state index contributed by atoms with van der Waals surface area (Å²) in [4.78, 5) is 3.86. The minimum Gasteiger partial charge on any atom is -0.504 e. The minimum atomic E-state index is -0.149. The lowest BCUT2D eigenvalue weighted by atomic mass is 10.4. The van der Waals surface area contributed by atoms with Gasteiger partial charge >= 0.3 is 0 Å². The largest absolute Gasteiger partial charge is 0.504 e. The van der Waals surface area contributed by atoms with Gasteiger partial charge in [-0.2, -0.15) is 0 Å². The van der Waals surface area contributed by atoms with E-state index >= 15 is 0 Å². The molecule has 2 N–H and O–H groups in total. The molecule has 0 saturated carbocycles. The van der Waals surface area contributed by atoms with Crippen LogP contribution in [-0.4, -0.2) is 21.8 Å². The molecule has 0 saturated heterocycles. The van der Waals surface area contributed by atoms with E-state index in [2.05, 4.69) is 4.99 Å². The van der Waals surface area contributed by atoms with Gasteiger partial charge in [-0.25, -0.2) is 0 Å². The van der Waals surface area contributed by atoms with Crippen molar-refractivity contribution in [3.05, 3.63) is 17.8 Å². The standard InChI is InChI=1S/C7H10N2O2/c1-8-7-3-5(10)6(11)4-9(7)2/h3-4,10-11H,1-2H3/b8-7-. The first-order valence-electron chi connectivity index (χ1n) is 3.16. The number of nitrogens with zero attached hydrogens (tertiary/aromatic N) is 2. The van der Waals surface area contributed by atoms with Gasteiger partial charge < -0.3 is 14.8 Å². The Morgan fingerprint density at radius 3 is 2.55 bits per heavy atom. The Balaban J connectivity index is 3.45. The van der Waals surface area contributed by atoms with Crippen LogP contribution in [0.5, 0.6) is 11.5 Å². The molecule has 0 spiro atoms. The summed E-state index contributed by atoms with van der Waals surface area (Å²) in [6.07, 6.45) is 1.40. The second kappa shape index (κ2) is 2.65. The van der Waals surface area contributed by atoms with Gasteiger partial charge in [0.1, 0.15) is 5.49 Å². The van der Waals surface area contributed by atoms with E-state index in [0.717, 1.165) is 0 Å². The van der Waals surface area contributed by atoms with Crippen LogP contribution < -0.4 is 5.49 Å². The van der Waals surface area contributed by atoms with E-state index in [9.17, 15) is 0 Å². The predicted octanol–water partition coefficient (Wildman–Crippen LogP) is -0.0332. The molecule has 0 radical (unpaired) electrons.